The topological polar surface area (TPSA) is 26.0 Å². The number of thioether (sulfide) groups is 1. The zero-order valence-electron chi connectivity index (χ0n) is 7.79. The van der Waals surface area contributed by atoms with E-state index in [4.69, 9.17) is 5.73 Å². The molecule has 0 saturated heterocycles. The van der Waals surface area contributed by atoms with E-state index in [0.29, 0.717) is 12.1 Å². The van der Waals surface area contributed by atoms with Crippen molar-refractivity contribution in [3.05, 3.63) is 23.5 Å². The summed E-state index contributed by atoms with van der Waals surface area (Å²) in [4.78, 5) is -1.18. The molecule has 0 bridgehead atoms. The fourth-order valence-corrected chi connectivity index (χ4v) is 1.79. The zero-order chi connectivity index (χ0) is 13.4. The first-order chi connectivity index (χ1) is 7.52. The molecule has 0 fully saturated rings. The summed E-state index contributed by atoms with van der Waals surface area (Å²) in [5, 5.41) is 0. The summed E-state index contributed by atoms with van der Waals surface area (Å²) in [5.41, 5.74) is -3.25. The molecule has 2 N–H and O–H groups in total. The van der Waals surface area contributed by atoms with Gasteiger partial charge in [-0.1, -0.05) is 0 Å². The number of hydrogen-bond donors (Lipinski definition) is 1. The minimum atomic E-state index is -5.15. The van der Waals surface area contributed by atoms with Crippen molar-refractivity contribution in [3.8, 4) is 0 Å². The standard InChI is InChI=1S/C8H4F7NS/c9-3-1-2-4(17-8(13,14)15)5(6(3)16)7(10,11)12/h1-2H,16H2. The molecular formula is C8H4F7NS. The molecular weight excluding hydrogens is 275 g/mol. The van der Waals surface area contributed by atoms with Crippen LogP contribution in [-0.4, -0.2) is 5.51 Å². The summed E-state index contributed by atoms with van der Waals surface area (Å²) in [6.07, 6.45) is -5.15. The van der Waals surface area contributed by atoms with Gasteiger partial charge >= 0.3 is 11.7 Å². The Morgan fingerprint density at radius 2 is 1.53 bits per heavy atom. The van der Waals surface area contributed by atoms with Gasteiger partial charge in [-0.3, -0.25) is 0 Å². The summed E-state index contributed by atoms with van der Waals surface area (Å²) in [6.45, 7) is 0. The Kier molecular flexibility index (Phi) is 3.51. The molecule has 1 aromatic carbocycles. The van der Waals surface area contributed by atoms with Crippen LogP contribution in [-0.2, 0) is 6.18 Å². The summed E-state index contributed by atoms with van der Waals surface area (Å²) in [5.74, 6) is -1.41. The molecule has 1 aromatic rings. The number of nitrogen functional groups attached to an aromatic ring is 1. The molecule has 1 nitrogen and oxygen atoms in total. The van der Waals surface area contributed by atoms with Gasteiger partial charge in [-0.15, -0.1) is 0 Å². The van der Waals surface area contributed by atoms with Gasteiger partial charge in [-0.25, -0.2) is 4.39 Å². The number of benzene rings is 1. The van der Waals surface area contributed by atoms with Crippen LogP contribution in [0.5, 0.6) is 0 Å². The third-order valence-corrected chi connectivity index (χ3v) is 2.45. The first-order valence-corrected chi connectivity index (χ1v) is 4.75. The molecule has 17 heavy (non-hydrogen) atoms. The van der Waals surface area contributed by atoms with Crippen molar-refractivity contribution in [2.75, 3.05) is 5.73 Å². The van der Waals surface area contributed by atoms with Gasteiger partial charge in [0.1, 0.15) is 5.82 Å². The van der Waals surface area contributed by atoms with Gasteiger partial charge < -0.3 is 5.73 Å². The van der Waals surface area contributed by atoms with Crippen LogP contribution < -0.4 is 5.73 Å². The maximum Gasteiger partial charge on any atom is 0.446 e. The maximum absolute atomic E-state index is 12.8. The second-order valence-corrected chi connectivity index (χ2v) is 3.99. The molecule has 0 atom stereocenters. The van der Waals surface area contributed by atoms with Gasteiger partial charge in [0.05, 0.1) is 11.3 Å². The Bertz CT molecular complexity index is 423. The molecule has 0 aliphatic rings. The highest BCUT2D eigenvalue weighted by atomic mass is 32.2. The van der Waals surface area contributed by atoms with Gasteiger partial charge in [0.2, 0.25) is 0 Å². The van der Waals surface area contributed by atoms with Crippen LogP contribution in [0.15, 0.2) is 17.0 Å². The lowest BCUT2D eigenvalue weighted by Crippen LogP contribution is -2.13. The van der Waals surface area contributed by atoms with Gasteiger partial charge in [0.15, 0.2) is 0 Å². The highest BCUT2D eigenvalue weighted by molar-refractivity contribution is 8.00. The third kappa shape index (κ3) is 3.42. The van der Waals surface area contributed by atoms with E-state index in [9.17, 15) is 30.7 Å². The van der Waals surface area contributed by atoms with Crippen molar-refractivity contribution < 1.29 is 30.7 Å². The van der Waals surface area contributed by atoms with Crippen LogP contribution in [0.3, 0.4) is 0 Å². The predicted molar refractivity (Wildman–Crippen MR) is 47.7 cm³/mol. The van der Waals surface area contributed by atoms with E-state index in [2.05, 4.69) is 0 Å². The van der Waals surface area contributed by atoms with E-state index in [-0.39, 0.29) is 0 Å². The number of hydrogen-bond acceptors (Lipinski definition) is 2. The molecule has 0 aliphatic carbocycles. The van der Waals surface area contributed by atoms with Crippen molar-refractivity contribution in [3.63, 3.8) is 0 Å². The predicted octanol–water partition coefficient (Wildman–Crippen LogP) is 4.04. The van der Waals surface area contributed by atoms with Gasteiger partial charge in [-0.05, 0) is 23.9 Å². The van der Waals surface area contributed by atoms with Crippen molar-refractivity contribution in [1.29, 1.82) is 0 Å². The fraction of sp³-hybridized carbons (Fsp3) is 0.250. The first-order valence-electron chi connectivity index (χ1n) is 3.93. The minimum absolute atomic E-state index is 0.396. The number of alkyl halides is 6. The summed E-state index contributed by atoms with van der Waals surface area (Å²) < 4.78 is 86.1. The first kappa shape index (κ1) is 13.9. The normalized spacial score (nSPS) is 12.9. The Balaban J connectivity index is 3.36. The Morgan fingerprint density at radius 3 is 1.94 bits per heavy atom. The van der Waals surface area contributed by atoms with E-state index in [1.54, 1.807) is 0 Å². The Morgan fingerprint density at radius 1 is 1.00 bits per heavy atom. The number of anilines is 1. The van der Waals surface area contributed by atoms with Crippen LogP contribution in [0.1, 0.15) is 5.56 Å². The second-order valence-electron chi connectivity index (χ2n) is 2.88. The van der Waals surface area contributed by atoms with Crippen molar-refractivity contribution in [2.24, 2.45) is 0 Å². The average molecular weight is 279 g/mol. The van der Waals surface area contributed by atoms with E-state index >= 15 is 0 Å². The molecule has 0 aromatic heterocycles. The van der Waals surface area contributed by atoms with E-state index < -0.39 is 45.4 Å². The molecule has 96 valence electrons. The van der Waals surface area contributed by atoms with Crippen molar-refractivity contribution in [1.82, 2.24) is 0 Å². The van der Waals surface area contributed by atoms with Crippen LogP contribution in [0.2, 0.25) is 0 Å². The lowest BCUT2D eigenvalue weighted by atomic mass is 10.1. The monoisotopic (exact) mass is 279 g/mol. The smallest absolute Gasteiger partial charge is 0.396 e. The van der Waals surface area contributed by atoms with Crippen LogP contribution in [0, 0.1) is 5.82 Å². The van der Waals surface area contributed by atoms with E-state index in [1.807, 2.05) is 0 Å². The lowest BCUT2D eigenvalue weighted by molar-refractivity contribution is -0.139. The number of rotatable bonds is 1. The third-order valence-electron chi connectivity index (χ3n) is 1.66. The fourth-order valence-electron chi connectivity index (χ4n) is 1.08. The molecule has 0 unspecified atom stereocenters. The highest BCUT2D eigenvalue weighted by Gasteiger charge is 2.40. The van der Waals surface area contributed by atoms with Crippen molar-refractivity contribution >= 4 is 17.4 Å². The molecule has 1 rings (SSSR count). The van der Waals surface area contributed by atoms with Crippen LogP contribution in [0.4, 0.5) is 36.4 Å². The number of halogens is 7. The van der Waals surface area contributed by atoms with Crippen LogP contribution >= 0.6 is 11.8 Å². The maximum atomic E-state index is 12.8. The SMILES string of the molecule is Nc1c(F)ccc(SC(F)(F)F)c1C(F)(F)F. The quantitative estimate of drug-likeness (QED) is 0.477. The van der Waals surface area contributed by atoms with Gasteiger partial charge in [0, 0.05) is 4.90 Å². The van der Waals surface area contributed by atoms with Crippen LogP contribution in [0.25, 0.3) is 0 Å². The van der Waals surface area contributed by atoms with Gasteiger partial charge in [-0.2, -0.15) is 26.3 Å². The van der Waals surface area contributed by atoms with E-state index in [1.165, 1.54) is 0 Å². The largest absolute Gasteiger partial charge is 0.446 e. The minimum Gasteiger partial charge on any atom is -0.396 e. The number of nitrogens with two attached hydrogens (primary N) is 1. The Labute approximate surface area is 94.8 Å². The molecule has 0 spiro atoms. The molecule has 0 amide bonds. The molecule has 0 heterocycles. The Hall–Kier alpha value is -1.12. The van der Waals surface area contributed by atoms with E-state index in [0.717, 1.165) is 0 Å². The highest BCUT2D eigenvalue weighted by Crippen LogP contribution is 2.46. The summed E-state index contributed by atoms with van der Waals surface area (Å²) >= 11 is -0.990. The lowest BCUT2D eigenvalue weighted by Gasteiger charge is -2.16. The zero-order valence-corrected chi connectivity index (χ0v) is 8.60. The average Bonchev–Trinajstić information content (AvgIpc) is 2.06. The van der Waals surface area contributed by atoms with Crippen molar-refractivity contribution in [2.45, 2.75) is 16.6 Å². The summed E-state index contributed by atoms with van der Waals surface area (Å²) in [7, 11) is 0. The summed E-state index contributed by atoms with van der Waals surface area (Å²) in [6, 6.07) is 0.852. The van der Waals surface area contributed by atoms with Gasteiger partial charge in [0.25, 0.3) is 0 Å². The molecule has 0 saturated carbocycles. The molecule has 0 aliphatic heterocycles. The molecule has 0 radical (unpaired) electrons. The second kappa shape index (κ2) is 4.28. The molecule has 9 heteroatoms.